The van der Waals surface area contributed by atoms with Crippen molar-refractivity contribution in [2.45, 2.75) is 31.1 Å². The van der Waals surface area contributed by atoms with E-state index in [0.717, 1.165) is 22.9 Å². The Morgan fingerprint density at radius 1 is 1.08 bits per heavy atom. The van der Waals surface area contributed by atoms with Crippen LogP contribution >= 0.6 is 15.6 Å². The number of aromatic nitrogens is 3. The van der Waals surface area contributed by atoms with Crippen molar-refractivity contribution in [2.75, 3.05) is 6.61 Å². The number of hydrogen-bond donors (Lipinski definition) is 2. The molecule has 2 unspecified atom stereocenters. The van der Waals surface area contributed by atoms with E-state index in [-0.39, 0.29) is 105 Å². The molecule has 5 atom stereocenters. The zero-order valence-electron chi connectivity index (χ0n) is 20.6. The van der Waals surface area contributed by atoms with Crippen molar-refractivity contribution in [1.82, 2.24) is 14.3 Å². The summed E-state index contributed by atoms with van der Waals surface area (Å²) in [6.07, 6.45) is -6.05. The van der Waals surface area contributed by atoms with Gasteiger partial charge in [-0.15, -0.1) is 0 Å². The summed E-state index contributed by atoms with van der Waals surface area (Å²) < 4.78 is 54.8. The Morgan fingerprint density at radius 3 is 2.38 bits per heavy atom. The first-order chi connectivity index (χ1) is 16.8. The first-order valence-corrected chi connectivity index (χ1v) is 12.7. The topological polar surface area (TPSA) is 242 Å². The number of rotatable bonds is 8. The van der Waals surface area contributed by atoms with E-state index in [1.165, 1.54) is 12.1 Å². The summed E-state index contributed by atoms with van der Waals surface area (Å²) in [5, 5.41) is 24.4. The number of benzene rings is 1. The molecule has 22 heteroatoms. The minimum atomic E-state index is -5.96. The van der Waals surface area contributed by atoms with Gasteiger partial charge >= 0.3 is 94.4 Å². The van der Waals surface area contributed by atoms with Crippen LogP contribution in [0.25, 0.3) is 11.0 Å². The Morgan fingerprint density at radius 2 is 1.74 bits per heavy atom. The Bertz CT molecular complexity index is 1510. The largest absolute Gasteiger partial charge is 1.00 e. The molecule has 2 N–H and O–H groups in total. The van der Waals surface area contributed by atoms with Crippen molar-refractivity contribution >= 4 is 26.6 Å². The quantitative estimate of drug-likeness (QED) is 0.176. The molecule has 1 fully saturated rings. The van der Waals surface area contributed by atoms with Crippen molar-refractivity contribution in [3.8, 4) is 0 Å². The zero-order chi connectivity index (χ0) is 26.4. The van der Waals surface area contributed by atoms with Gasteiger partial charge in [0.15, 0.2) is 12.0 Å². The summed E-state index contributed by atoms with van der Waals surface area (Å²) in [6, 6.07) is 4.88. The summed E-state index contributed by atoms with van der Waals surface area (Å²) in [5.74, 6) is -0.713. The first kappa shape index (κ1) is 37.5. The number of halogens is 1. The van der Waals surface area contributed by atoms with Crippen LogP contribution in [0.4, 0.5) is 4.39 Å². The second kappa shape index (κ2) is 14.8. The third-order valence-electron chi connectivity index (χ3n) is 5.14. The summed E-state index contributed by atoms with van der Waals surface area (Å²) in [5.41, 5.74) is -2.01. The van der Waals surface area contributed by atoms with Gasteiger partial charge < -0.3 is 43.2 Å². The third-order valence-corrected chi connectivity index (χ3v) is 7.20. The van der Waals surface area contributed by atoms with Crippen molar-refractivity contribution in [3.63, 3.8) is 0 Å². The molecule has 1 aliphatic heterocycles. The van der Waals surface area contributed by atoms with Crippen LogP contribution in [0.15, 0.2) is 44.6 Å². The van der Waals surface area contributed by atoms with Crippen LogP contribution in [0.2, 0.25) is 0 Å². The standard InChI is InChI=1S/C17H18FN3O13P2.3Na/c18-9-3-1-2-8-10(19-33-15(8)9)6-21-12(22)4-5-20(17(21)25)16-14(24)13(23)11(32-16)7-31-36(29,30)34-35(26,27)28;;;/h1-5,11,13-14,16,23-24H,6-7H2,(H,29,30)(H2,26,27,28);;;/q;3*+1/p-3/t11-,13?,14+,16-;;;/m1.../s1. The van der Waals surface area contributed by atoms with E-state index >= 15 is 0 Å². The second-order valence-electron chi connectivity index (χ2n) is 7.49. The van der Waals surface area contributed by atoms with Crippen molar-refractivity contribution < 1.29 is 145 Å². The summed E-state index contributed by atoms with van der Waals surface area (Å²) in [7, 11) is -11.6. The van der Waals surface area contributed by atoms with Crippen LogP contribution in [0, 0.1) is 5.82 Å². The number of ether oxygens (including phenoxy) is 1. The summed E-state index contributed by atoms with van der Waals surface area (Å²) in [6.45, 7) is -1.56. The smallest absolute Gasteiger partial charge is 0.790 e. The van der Waals surface area contributed by atoms with Crippen LogP contribution in [0.1, 0.15) is 11.9 Å². The normalized spacial score (nSPS) is 22.4. The van der Waals surface area contributed by atoms with Gasteiger partial charge in [-0.2, -0.15) is 0 Å². The van der Waals surface area contributed by atoms with Gasteiger partial charge in [-0.1, -0.05) is 11.2 Å². The number of para-hydroxylation sites is 1. The minimum absolute atomic E-state index is 0. The second-order valence-corrected chi connectivity index (χ2v) is 10.2. The molecule has 1 saturated heterocycles. The van der Waals surface area contributed by atoms with Gasteiger partial charge in [-0.3, -0.25) is 22.8 Å². The Labute approximate surface area is 283 Å². The van der Waals surface area contributed by atoms with Crippen LogP contribution in [0.3, 0.4) is 0 Å². The Balaban J connectivity index is 0.00000253. The molecule has 39 heavy (non-hydrogen) atoms. The van der Waals surface area contributed by atoms with E-state index in [9.17, 15) is 48.0 Å². The van der Waals surface area contributed by atoms with Gasteiger partial charge in [0, 0.05) is 17.6 Å². The SMILES string of the molecule is O=c1ccn([C@@H]2O[C@H](COP(=O)([O-])OP(=O)([O-])[O-])C(O)[C@@H]2O)c(=O)n1Cc1noc2c(F)cccc12.[Na+].[Na+].[Na+]. The number of aliphatic hydroxyl groups is 2. The van der Waals surface area contributed by atoms with Crippen molar-refractivity contribution in [2.24, 2.45) is 0 Å². The molecule has 2 aromatic heterocycles. The summed E-state index contributed by atoms with van der Waals surface area (Å²) >= 11 is 0. The number of fused-ring (bicyclic) bond motifs is 1. The maximum Gasteiger partial charge on any atom is 1.00 e. The fourth-order valence-corrected chi connectivity index (χ4v) is 5.02. The molecule has 0 radical (unpaired) electrons. The van der Waals surface area contributed by atoms with Crippen LogP contribution in [-0.4, -0.2) is 49.4 Å². The predicted molar refractivity (Wildman–Crippen MR) is 106 cm³/mol. The summed E-state index contributed by atoms with van der Waals surface area (Å²) in [4.78, 5) is 57.8. The average molecular weight is 619 g/mol. The molecule has 3 heterocycles. The molecule has 16 nitrogen and oxygen atoms in total. The van der Waals surface area contributed by atoms with Gasteiger partial charge in [0.2, 0.25) is 5.58 Å². The fourth-order valence-electron chi connectivity index (χ4n) is 3.52. The molecule has 3 aromatic rings. The van der Waals surface area contributed by atoms with Crippen LogP contribution < -0.4 is 115 Å². The number of phosphoric ester groups is 1. The van der Waals surface area contributed by atoms with Crippen molar-refractivity contribution in [1.29, 1.82) is 0 Å². The number of nitrogens with zero attached hydrogens (tertiary/aromatic N) is 3. The molecule has 0 saturated carbocycles. The maximum atomic E-state index is 13.9. The van der Waals surface area contributed by atoms with Crippen LogP contribution in [0.5, 0.6) is 0 Å². The van der Waals surface area contributed by atoms with Gasteiger partial charge in [-0.25, -0.2) is 9.18 Å². The van der Waals surface area contributed by atoms with E-state index in [2.05, 4.69) is 14.0 Å². The molecule has 4 rings (SSSR count). The molecule has 1 aliphatic rings. The molecule has 0 amide bonds. The molecule has 0 bridgehead atoms. The molecule has 196 valence electrons. The molecule has 1 aromatic carbocycles. The molecular weight excluding hydrogens is 604 g/mol. The van der Waals surface area contributed by atoms with E-state index in [0.29, 0.717) is 4.57 Å². The number of aliphatic hydroxyl groups excluding tert-OH is 2. The first-order valence-electron chi connectivity index (χ1n) is 9.83. The predicted octanol–water partition coefficient (Wildman–Crippen LogP) is -11.7. The molecule has 0 spiro atoms. The van der Waals surface area contributed by atoms with E-state index < -0.39 is 70.4 Å². The third kappa shape index (κ3) is 8.74. The van der Waals surface area contributed by atoms with Crippen molar-refractivity contribution in [3.05, 3.63) is 62.8 Å². The van der Waals surface area contributed by atoms with Gasteiger partial charge in [-0.05, 0) is 12.1 Å². The zero-order valence-corrected chi connectivity index (χ0v) is 28.4. The number of hydrogen-bond acceptors (Lipinski definition) is 14. The molecule has 0 aliphatic carbocycles. The maximum absolute atomic E-state index is 13.9. The van der Waals surface area contributed by atoms with Gasteiger partial charge in [0.1, 0.15) is 24.0 Å². The van der Waals surface area contributed by atoms with E-state index in [1.807, 2.05) is 0 Å². The van der Waals surface area contributed by atoms with Gasteiger partial charge in [0.25, 0.3) is 13.4 Å². The minimum Gasteiger partial charge on any atom is -0.790 e. The monoisotopic (exact) mass is 619 g/mol. The number of phosphoric acid groups is 2. The Kier molecular flexibility index (Phi) is 14.2. The Hall–Kier alpha value is 0.440. The van der Waals surface area contributed by atoms with Gasteiger partial charge in [0.05, 0.1) is 21.0 Å². The fraction of sp³-hybridized carbons (Fsp3) is 0.353. The van der Waals surface area contributed by atoms with E-state index in [1.54, 1.807) is 0 Å². The average Bonchev–Trinajstić information content (AvgIpc) is 3.31. The van der Waals surface area contributed by atoms with E-state index in [4.69, 9.17) is 9.26 Å². The van der Waals surface area contributed by atoms with Crippen LogP contribution in [-0.2, 0) is 29.2 Å². The molecular formula is C17H15FN3Na3O13P2.